The van der Waals surface area contributed by atoms with Gasteiger partial charge >= 0.3 is 0 Å². The van der Waals surface area contributed by atoms with Crippen molar-refractivity contribution >= 4 is 22.9 Å². The van der Waals surface area contributed by atoms with E-state index in [4.69, 9.17) is 11.6 Å². The molecule has 0 aromatic carbocycles. The van der Waals surface area contributed by atoms with Gasteiger partial charge in [0.05, 0.1) is 4.34 Å². The standard InChI is InChI=1S/C10H14ClNS/c1-7-4-9(13-10(7)11)5-8-2-3-12-6-8/h4,8,12H,2-3,5-6H2,1H3. The van der Waals surface area contributed by atoms with Gasteiger partial charge in [-0.25, -0.2) is 0 Å². The van der Waals surface area contributed by atoms with Crippen LogP contribution in [0.2, 0.25) is 4.34 Å². The summed E-state index contributed by atoms with van der Waals surface area (Å²) in [7, 11) is 0. The van der Waals surface area contributed by atoms with E-state index in [0.29, 0.717) is 0 Å². The highest BCUT2D eigenvalue weighted by Crippen LogP contribution is 2.29. The lowest BCUT2D eigenvalue weighted by Crippen LogP contribution is -2.10. The second-order valence-corrected chi connectivity index (χ2v) is 5.47. The van der Waals surface area contributed by atoms with Crippen molar-refractivity contribution < 1.29 is 0 Å². The molecule has 1 saturated heterocycles. The molecule has 3 heteroatoms. The first-order valence-electron chi connectivity index (χ1n) is 4.71. The average Bonchev–Trinajstić information content (AvgIpc) is 2.64. The average molecular weight is 216 g/mol. The summed E-state index contributed by atoms with van der Waals surface area (Å²) < 4.78 is 0.959. The van der Waals surface area contributed by atoms with Crippen molar-refractivity contribution in [2.75, 3.05) is 13.1 Å². The summed E-state index contributed by atoms with van der Waals surface area (Å²) in [4.78, 5) is 1.44. The highest BCUT2D eigenvalue weighted by Gasteiger charge is 2.16. The number of aryl methyl sites for hydroxylation is 1. The van der Waals surface area contributed by atoms with Crippen molar-refractivity contribution in [3.63, 3.8) is 0 Å². The predicted octanol–water partition coefficient (Wildman–Crippen LogP) is 2.86. The van der Waals surface area contributed by atoms with Crippen molar-refractivity contribution in [3.8, 4) is 0 Å². The number of thiophene rings is 1. The minimum absolute atomic E-state index is 0.828. The van der Waals surface area contributed by atoms with Crippen LogP contribution < -0.4 is 5.32 Å². The first-order valence-corrected chi connectivity index (χ1v) is 5.90. The van der Waals surface area contributed by atoms with Crippen LogP contribution in [0.3, 0.4) is 0 Å². The molecular weight excluding hydrogens is 202 g/mol. The van der Waals surface area contributed by atoms with Crippen LogP contribution in [-0.4, -0.2) is 13.1 Å². The van der Waals surface area contributed by atoms with Crippen molar-refractivity contribution in [2.45, 2.75) is 19.8 Å². The molecular formula is C10H14ClNS. The summed E-state index contributed by atoms with van der Waals surface area (Å²) in [6, 6.07) is 2.23. The van der Waals surface area contributed by atoms with Gasteiger partial charge in [-0.1, -0.05) is 11.6 Å². The molecule has 1 fully saturated rings. The van der Waals surface area contributed by atoms with Gasteiger partial charge in [-0.2, -0.15) is 0 Å². The topological polar surface area (TPSA) is 12.0 Å². The molecule has 1 unspecified atom stereocenters. The summed E-state index contributed by atoms with van der Waals surface area (Å²) in [5, 5.41) is 3.39. The molecule has 72 valence electrons. The smallest absolute Gasteiger partial charge is 0.0960 e. The maximum Gasteiger partial charge on any atom is 0.0960 e. The minimum Gasteiger partial charge on any atom is -0.316 e. The Morgan fingerprint density at radius 3 is 3.08 bits per heavy atom. The molecule has 0 radical (unpaired) electrons. The van der Waals surface area contributed by atoms with Gasteiger partial charge in [-0.3, -0.25) is 0 Å². The number of hydrogen-bond donors (Lipinski definition) is 1. The molecule has 1 aliphatic heterocycles. The van der Waals surface area contributed by atoms with Crippen molar-refractivity contribution in [1.29, 1.82) is 0 Å². The fourth-order valence-electron chi connectivity index (χ4n) is 1.80. The predicted molar refractivity (Wildman–Crippen MR) is 58.7 cm³/mol. The Balaban J connectivity index is 2.00. The first kappa shape index (κ1) is 9.50. The zero-order valence-electron chi connectivity index (χ0n) is 7.77. The Bertz CT molecular complexity index is 270. The molecule has 2 rings (SSSR count). The van der Waals surface area contributed by atoms with E-state index in [0.717, 1.165) is 10.3 Å². The second kappa shape index (κ2) is 3.99. The van der Waals surface area contributed by atoms with Crippen LogP contribution in [0.25, 0.3) is 0 Å². The molecule has 0 saturated carbocycles. The molecule has 1 atom stereocenters. The summed E-state index contributed by atoms with van der Waals surface area (Å²) in [6.45, 7) is 4.44. The molecule has 1 aromatic heterocycles. The molecule has 2 heterocycles. The van der Waals surface area contributed by atoms with Gasteiger partial charge in [0.25, 0.3) is 0 Å². The monoisotopic (exact) mass is 215 g/mol. The van der Waals surface area contributed by atoms with E-state index in [1.165, 1.54) is 36.4 Å². The molecule has 1 aliphatic rings. The van der Waals surface area contributed by atoms with Crippen LogP contribution in [0, 0.1) is 12.8 Å². The molecule has 0 amide bonds. The lowest BCUT2D eigenvalue weighted by Gasteiger charge is -2.04. The maximum atomic E-state index is 6.02. The Morgan fingerprint density at radius 2 is 2.54 bits per heavy atom. The molecule has 0 bridgehead atoms. The fraction of sp³-hybridized carbons (Fsp3) is 0.600. The second-order valence-electron chi connectivity index (χ2n) is 3.73. The first-order chi connectivity index (χ1) is 6.25. The third-order valence-electron chi connectivity index (χ3n) is 2.56. The normalized spacial score (nSPS) is 22.5. The van der Waals surface area contributed by atoms with Crippen molar-refractivity contribution in [3.05, 3.63) is 20.8 Å². The summed E-state index contributed by atoms with van der Waals surface area (Å²) in [5.74, 6) is 0.828. The fourth-order valence-corrected chi connectivity index (χ4v) is 3.15. The van der Waals surface area contributed by atoms with E-state index in [9.17, 15) is 0 Å². The van der Waals surface area contributed by atoms with Crippen LogP contribution in [0.4, 0.5) is 0 Å². The van der Waals surface area contributed by atoms with E-state index < -0.39 is 0 Å². The van der Waals surface area contributed by atoms with Gasteiger partial charge in [-0.05, 0) is 50.4 Å². The number of rotatable bonds is 2. The Morgan fingerprint density at radius 1 is 1.69 bits per heavy atom. The molecule has 0 aliphatic carbocycles. The number of nitrogens with one attached hydrogen (secondary N) is 1. The van der Waals surface area contributed by atoms with Crippen LogP contribution in [0.15, 0.2) is 6.07 Å². The van der Waals surface area contributed by atoms with Gasteiger partial charge in [0.15, 0.2) is 0 Å². The lowest BCUT2D eigenvalue weighted by molar-refractivity contribution is 0.585. The Labute approximate surface area is 88.1 Å². The van der Waals surface area contributed by atoms with Crippen molar-refractivity contribution in [1.82, 2.24) is 5.32 Å². The Hall–Kier alpha value is -0.0500. The van der Waals surface area contributed by atoms with Crippen LogP contribution in [0.5, 0.6) is 0 Å². The zero-order valence-corrected chi connectivity index (χ0v) is 9.34. The highest BCUT2D eigenvalue weighted by molar-refractivity contribution is 7.16. The SMILES string of the molecule is Cc1cc(CC2CCNC2)sc1Cl. The quantitative estimate of drug-likeness (QED) is 0.800. The van der Waals surface area contributed by atoms with E-state index >= 15 is 0 Å². The molecule has 13 heavy (non-hydrogen) atoms. The summed E-state index contributed by atoms with van der Waals surface area (Å²) in [5.41, 5.74) is 1.23. The van der Waals surface area contributed by atoms with E-state index in [1.54, 1.807) is 11.3 Å². The minimum atomic E-state index is 0.828. The van der Waals surface area contributed by atoms with Crippen LogP contribution >= 0.6 is 22.9 Å². The summed E-state index contributed by atoms with van der Waals surface area (Å²) >= 11 is 7.76. The molecule has 1 N–H and O–H groups in total. The third kappa shape index (κ3) is 2.25. The Kier molecular flexibility index (Phi) is 2.92. The third-order valence-corrected chi connectivity index (χ3v) is 4.14. The van der Waals surface area contributed by atoms with Gasteiger partial charge in [-0.15, -0.1) is 11.3 Å². The maximum absolute atomic E-state index is 6.02. The molecule has 1 aromatic rings. The number of halogens is 1. The highest BCUT2D eigenvalue weighted by atomic mass is 35.5. The number of hydrogen-bond acceptors (Lipinski definition) is 2. The van der Waals surface area contributed by atoms with Crippen molar-refractivity contribution in [2.24, 2.45) is 5.92 Å². The van der Waals surface area contributed by atoms with Crippen LogP contribution in [-0.2, 0) is 6.42 Å². The van der Waals surface area contributed by atoms with Gasteiger partial charge in [0, 0.05) is 4.88 Å². The van der Waals surface area contributed by atoms with Gasteiger partial charge in [0.1, 0.15) is 0 Å². The molecule has 1 nitrogen and oxygen atoms in total. The van der Waals surface area contributed by atoms with Crippen LogP contribution in [0.1, 0.15) is 16.9 Å². The molecule has 0 spiro atoms. The van der Waals surface area contributed by atoms with E-state index in [2.05, 4.69) is 18.3 Å². The van der Waals surface area contributed by atoms with Gasteiger partial charge in [0.2, 0.25) is 0 Å². The lowest BCUT2D eigenvalue weighted by atomic mass is 10.0. The summed E-state index contributed by atoms with van der Waals surface area (Å²) in [6.07, 6.45) is 2.51. The van der Waals surface area contributed by atoms with Gasteiger partial charge < -0.3 is 5.32 Å². The zero-order chi connectivity index (χ0) is 9.26. The van der Waals surface area contributed by atoms with E-state index in [1.807, 2.05) is 0 Å². The largest absolute Gasteiger partial charge is 0.316 e. The van der Waals surface area contributed by atoms with E-state index in [-0.39, 0.29) is 0 Å².